The van der Waals surface area contributed by atoms with Crippen LogP contribution in [0.2, 0.25) is 0 Å². The van der Waals surface area contributed by atoms with Gasteiger partial charge in [-0.3, -0.25) is 9.69 Å². The van der Waals surface area contributed by atoms with E-state index >= 15 is 0 Å². The Balaban J connectivity index is 1.49. The lowest BCUT2D eigenvalue weighted by Gasteiger charge is -2.35. The molecule has 4 fully saturated rings. The van der Waals surface area contributed by atoms with E-state index in [4.69, 9.17) is 14.2 Å². The maximum Gasteiger partial charge on any atom is 0.243 e. The summed E-state index contributed by atoms with van der Waals surface area (Å²) in [5.74, 6) is 2.82. The average Bonchev–Trinajstić information content (AvgIpc) is 3.50. The summed E-state index contributed by atoms with van der Waals surface area (Å²) in [7, 11) is 4.95. The third-order valence-corrected chi connectivity index (χ3v) is 7.91. The molecule has 1 amide bonds. The minimum Gasteiger partial charge on any atom is -0.493 e. The predicted octanol–water partition coefficient (Wildman–Crippen LogP) is 3.39. The molecule has 3 heterocycles. The van der Waals surface area contributed by atoms with Crippen LogP contribution in [-0.4, -0.2) is 61.7 Å². The number of methoxy groups -OCH3 is 3. The molecule has 29 heavy (non-hydrogen) atoms. The van der Waals surface area contributed by atoms with Gasteiger partial charge in [0, 0.05) is 24.5 Å². The van der Waals surface area contributed by atoms with Crippen LogP contribution in [0, 0.1) is 5.92 Å². The fourth-order valence-corrected chi connectivity index (χ4v) is 6.67. The molecule has 0 N–H and O–H groups in total. The summed E-state index contributed by atoms with van der Waals surface area (Å²) >= 11 is 0. The van der Waals surface area contributed by atoms with Crippen LogP contribution < -0.4 is 14.2 Å². The van der Waals surface area contributed by atoms with Gasteiger partial charge in [-0.1, -0.05) is 12.8 Å². The van der Waals surface area contributed by atoms with Gasteiger partial charge in [0.2, 0.25) is 11.7 Å². The SMILES string of the molecule is COc1cc([C@@H]2C[C@H]3CN(C4CCCC4)C(=O)[C@]34CCCN24)cc(OC)c1OC. The molecule has 6 heteroatoms. The van der Waals surface area contributed by atoms with Crippen LogP contribution in [0.3, 0.4) is 0 Å². The van der Waals surface area contributed by atoms with E-state index in [-0.39, 0.29) is 11.6 Å². The van der Waals surface area contributed by atoms with E-state index < -0.39 is 0 Å². The Labute approximate surface area is 173 Å². The summed E-state index contributed by atoms with van der Waals surface area (Å²) < 4.78 is 16.7. The second-order valence-electron chi connectivity index (χ2n) is 9.02. The molecular formula is C23H32N2O4. The fourth-order valence-electron chi connectivity index (χ4n) is 6.67. The number of ether oxygens (including phenoxy) is 3. The molecule has 0 unspecified atom stereocenters. The first-order valence-electron chi connectivity index (χ1n) is 11.0. The third-order valence-electron chi connectivity index (χ3n) is 7.91. The van der Waals surface area contributed by atoms with Gasteiger partial charge in [-0.05, 0) is 56.3 Å². The molecule has 4 aliphatic rings. The standard InChI is InChI=1S/C23H32N2O4/c1-27-19-11-15(12-20(28-2)21(19)29-3)18-13-16-14-24(17-7-4-5-8-17)22(26)23(16)9-6-10-25(18)23/h11-12,16-18H,4-10,13-14H2,1-3H3/t16-,18-,23-/m0/s1. The molecule has 1 aliphatic carbocycles. The Hall–Kier alpha value is -1.95. The Morgan fingerprint density at radius 3 is 2.31 bits per heavy atom. The zero-order valence-corrected chi connectivity index (χ0v) is 17.8. The topological polar surface area (TPSA) is 51.2 Å². The van der Waals surface area contributed by atoms with Crippen molar-refractivity contribution in [3.63, 3.8) is 0 Å². The molecule has 5 rings (SSSR count). The van der Waals surface area contributed by atoms with E-state index in [1.165, 1.54) is 25.7 Å². The van der Waals surface area contributed by atoms with Crippen molar-refractivity contribution in [2.24, 2.45) is 5.92 Å². The van der Waals surface area contributed by atoms with E-state index in [0.717, 1.165) is 37.9 Å². The predicted molar refractivity (Wildman–Crippen MR) is 110 cm³/mol. The number of carbonyl (C=O) groups is 1. The molecular weight excluding hydrogens is 368 g/mol. The van der Waals surface area contributed by atoms with Crippen LogP contribution in [0.15, 0.2) is 12.1 Å². The zero-order valence-electron chi connectivity index (χ0n) is 17.8. The van der Waals surface area contributed by atoms with Gasteiger partial charge in [-0.25, -0.2) is 0 Å². The van der Waals surface area contributed by atoms with Crippen LogP contribution in [0.25, 0.3) is 0 Å². The highest BCUT2D eigenvalue weighted by Crippen LogP contribution is 2.57. The van der Waals surface area contributed by atoms with Crippen LogP contribution >= 0.6 is 0 Å². The van der Waals surface area contributed by atoms with Crippen molar-refractivity contribution in [1.82, 2.24) is 9.80 Å². The summed E-state index contributed by atoms with van der Waals surface area (Å²) in [5, 5.41) is 0. The lowest BCUT2D eigenvalue weighted by atomic mass is 9.85. The van der Waals surface area contributed by atoms with E-state index in [2.05, 4.69) is 21.9 Å². The number of rotatable bonds is 5. The summed E-state index contributed by atoms with van der Waals surface area (Å²) in [6, 6.07) is 4.84. The van der Waals surface area contributed by atoms with Crippen molar-refractivity contribution in [3.05, 3.63) is 17.7 Å². The summed E-state index contributed by atoms with van der Waals surface area (Å²) in [4.78, 5) is 18.5. The molecule has 1 spiro atoms. The normalized spacial score (nSPS) is 32.0. The van der Waals surface area contributed by atoms with Gasteiger partial charge in [0.15, 0.2) is 11.5 Å². The van der Waals surface area contributed by atoms with Crippen molar-refractivity contribution < 1.29 is 19.0 Å². The highest BCUT2D eigenvalue weighted by molar-refractivity contribution is 5.90. The van der Waals surface area contributed by atoms with E-state index in [9.17, 15) is 4.79 Å². The third kappa shape index (κ3) is 2.61. The lowest BCUT2D eigenvalue weighted by Crippen LogP contribution is -2.51. The van der Waals surface area contributed by atoms with Crippen molar-refractivity contribution in [1.29, 1.82) is 0 Å². The number of amides is 1. The lowest BCUT2D eigenvalue weighted by molar-refractivity contribution is -0.138. The fraction of sp³-hybridized carbons (Fsp3) is 0.696. The first-order valence-corrected chi connectivity index (χ1v) is 11.0. The Kier molecular flexibility index (Phi) is 4.65. The van der Waals surface area contributed by atoms with Gasteiger partial charge >= 0.3 is 0 Å². The number of likely N-dealkylation sites (tertiary alicyclic amines) is 1. The highest BCUT2D eigenvalue weighted by atomic mass is 16.5. The number of carbonyl (C=O) groups excluding carboxylic acids is 1. The van der Waals surface area contributed by atoms with Crippen LogP contribution in [-0.2, 0) is 4.79 Å². The second-order valence-corrected chi connectivity index (χ2v) is 9.02. The van der Waals surface area contributed by atoms with E-state index in [1.54, 1.807) is 21.3 Å². The van der Waals surface area contributed by atoms with Gasteiger partial charge in [-0.2, -0.15) is 0 Å². The summed E-state index contributed by atoms with van der Waals surface area (Å²) in [5.41, 5.74) is 0.878. The van der Waals surface area contributed by atoms with Crippen LogP contribution in [0.4, 0.5) is 0 Å². The highest BCUT2D eigenvalue weighted by Gasteiger charge is 2.65. The number of hydrogen-bond acceptors (Lipinski definition) is 5. The van der Waals surface area contributed by atoms with Crippen molar-refractivity contribution in [2.75, 3.05) is 34.4 Å². The molecule has 0 radical (unpaired) electrons. The van der Waals surface area contributed by atoms with Crippen LogP contribution in [0.5, 0.6) is 17.2 Å². The minimum absolute atomic E-state index is 0.228. The van der Waals surface area contributed by atoms with Gasteiger partial charge in [-0.15, -0.1) is 0 Å². The van der Waals surface area contributed by atoms with Crippen molar-refractivity contribution in [3.8, 4) is 17.2 Å². The average molecular weight is 401 g/mol. The first-order chi connectivity index (χ1) is 14.1. The number of hydrogen-bond donors (Lipinski definition) is 0. The second kappa shape index (κ2) is 7.08. The summed E-state index contributed by atoms with van der Waals surface area (Å²) in [6.07, 6.45) is 8.03. The van der Waals surface area contributed by atoms with Gasteiger partial charge < -0.3 is 19.1 Å². The van der Waals surface area contributed by atoms with E-state index in [0.29, 0.717) is 35.1 Å². The quantitative estimate of drug-likeness (QED) is 0.758. The number of nitrogens with zero attached hydrogens (tertiary/aromatic N) is 2. The molecule has 0 bridgehead atoms. The number of benzene rings is 1. The molecule has 1 aromatic carbocycles. The smallest absolute Gasteiger partial charge is 0.243 e. The van der Waals surface area contributed by atoms with Gasteiger partial charge in [0.1, 0.15) is 5.54 Å². The minimum atomic E-state index is -0.284. The maximum atomic E-state index is 13.7. The van der Waals surface area contributed by atoms with Crippen LogP contribution in [0.1, 0.15) is 56.6 Å². The van der Waals surface area contributed by atoms with Crippen molar-refractivity contribution in [2.45, 2.75) is 62.6 Å². The Morgan fingerprint density at radius 2 is 1.69 bits per heavy atom. The largest absolute Gasteiger partial charge is 0.493 e. The zero-order chi connectivity index (χ0) is 20.2. The summed E-state index contributed by atoms with van der Waals surface area (Å²) in [6.45, 7) is 1.92. The molecule has 3 saturated heterocycles. The molecule has 1 aromatic rings. The first kappa shape index (κ1) is 19.0. The van der Waals surface area contributed by atoms with Gasteiger partial charge in [0.25, 0.3) is 0 Å². The molecule has 3 atom stereocenters. The van der Waals surface area contributed by atoms with Crippen molar-refractivity contribution >= 4 is 5.91 Å². The molecule has 1 saturated carbocycles. The Morgan fingerprint density at radius 1 is 1.00 bits per heavy atom. The van der Waals surface area contributed by atoms with Gasteiger partial charge in [0.05, 0.1) is 21.3 Å². The maximum absolute atomic E-state index is 13.7. The van der Waals surface area contributed by atoms with E-state index in [1.807, 2.05) is 0 Å². The monoisotopic (exact) mass is 400 g/mol. The Bertz CT molecular complexity index is 781. The molecule has 158 valence electrons. The molecule has 3 aliphatic heterocycles. The molecule has 6 nitrogen and oxygen atoms in total. The molecule has 0 aromatic heterocycles.